The molecule has 0 fully saturated rings. The molecular formula is C14H21N3OS. The lowest BCUT2D eigenvalue weighted by molar-refractivity contribution is -0.119. The molecule has 0 spiro atoms. The summed E-state index contributed by atoms with van der Waals surface area (Å²) in [5, 5.41) is 3.81. The zero-order valence-corrected chi connectivity index (χ0v) is 12.6. The number of hydrogen-bond donors (Lipinski definition) is 2. The number of rotatable bonds is 4. The number of carbonyl (C=O) groups is 1. The van der Waals surface area contributed by atoms with Gasteiger partial charge in [-0.15, -0.1) is 11.8 Å². The van der Waals surface area contributed by atoms with Gasteiger partial charge in [-0.3, -0.25) is 9.79 Å². The summed E-state index contributed by atoms with van der Waals surface area (Å²) in [5.41, 5.74) is 7.46. The average molecular weight is 279 g/mol. The van der Waals surface area contributed by atoms with Crippen molar-refractivity contribution < 1.29 is 4.79 Å². The molecule has 2 unspecified atom stereocenters. The van der Waals surface area contributed by atoms with Gasteiger partial charge in [0.05, 0.1) is 11.1 Å². The first kappa shape index (κ1) is 15.6. The van der Waals surface area contributed by atoms with Gasteiger partial charge in [0, 0.05) is 24.2 Å². The number of anilines is 1. The Bertz CT molecular complexity index is 456. The van der Waals surface area contributed by atoms with Crippen LogP contribution in [0, 0.1) is 0 Å². The van der Waals surface area contributed by atoms with E-state index in [-0.39, 0.29) is 18.0 Å². The lowest BCUT2D eigenvalue weighted by Crippen LogP contribution is -2.38. The number of thioether (sulfide) groups is 1. The van der Waals surface area contributed by atoms with E-state index < -0.39 is 0 Å². The second kappa shape index (κ2) is 7.19. The maximum atomic E-state index is 11.0. The Kier molecular flexibility index (Phi) is 5.89. The molecular weight excluding hydrogens is 258 g/mol. The fourth-order valence-electron chi connectivity index (χ4n) is 1.61. The minimum atomic E-state index is -0.0345. The molecule has 0 heterocycles. The molecule has 19 heavy (non-hydrogen) atoms. The van der Waals surface area contributed by atoms with Crippen molar-refractivity contribution in [3.63, 3.8) is 0 Å². The SMILES string of the molecule is CSC(=NC(C)C(C)NC(C)=O)c1ccc(N)cc1. The minimum absolute atomic E-state index is 0.00781. The van der Waals surface area contributed by atoms with Gasteiger partial charge in [0.2, 0.25) is 5.91 Å². The Balaban J connectivity index is 2.86. The normalized spacial score (nSPS) is 14.8. The van der Waals surface area contributed by atoms with Crippen molar-refractivity contribution in [3.05, 3.63) is 29.8 Å². The molecule has 3 N–H and O–H groups in total. The zero-order valence-electron chi connectivity index (χ0n) is 11.8. The molecule has 1 aromatic carbocycles. The summed E-state index contributed by atoms with van der Waals surface area (Å²) in [6, 6.07) is 7.67. The smallest absolute Gasteiger partial charge is 0.217 e. The summed E-state index contributed by atoms with van der Waals surface area (Å²) in [4.78, 5) is 15.7. The van der Waals surface area contributed by atoms with Crippen molar-refractivity contribution in [2.45, 2.75) is 32.9 Å². The Morgan fingerprint density at radius 3 is 2.37 bits per heavy atom. The zero-order chi connectivity index (χ0) is 14.4. The van der Waals surface area contributed by atoms with E-state index in [2.05, 4.69) is 10.3 Å². The molecule has 104 valence electrons. The molecule has 0 saturated carbocycles. The molecule has 0 bridgehead atoms. The lowest BCUT2D eigenvalue weighted by Gasteiger charge is -2.18. The summed E-state index contributed by atoms with van der Waals surface area (Å²) in [6.07, 6.45) is 1.99. The molecule has 2 atom stereocenters. The van der Waals surface area contributed by atoms with E-state index in [9.17, 15) is 4.79 Å². The molecule has 0 saturated heterocycles. The Morgan fingerprint density at radius 2 is 1.89 bits per heavy atom. The number of nitrogens with zero attached hydrogens (tertiary/aromatic N) is 1. The largest absolute Gasteiger partial charge is 0.399 e. The van der Waals surface area contributed by atoms with E-state index >= 15 is 0 Å². The second-order valence-electron chi connectivity index (χ2n) is 4.49. The van der Waals surface area contributed by atoms with Crippen LogP contribution >= 0.6 is 11.8 Å². The number of amides is 1. The van der Waals surface area contributed by atoms with Crippen molar-refractivity contribution >= 4 is 28.4 Å². The molecule has 1 aromatic rings. The number of hydrogen-bond acceptors (Lipinski definition) is 4. The van der Waals surface area contributed by atoms with Crippen LogP contribution in [-0.2, 0) is 4.79 Å². The van der Waals surface area contributed by atoms with Crippen molar-refractivity contribution in [1.29, 1.82) is 0 Å². The Labute approximate surface area is 118 Å². The molecule has 0 aliphatic carbocycles. The molecule has 0 aromatic heterocycles. The van der Waals surface area contributed by atoms with Crippen LogP contribution in [-0.4, -0.2) is 29.3 Å². The highest BCUT2D eigenvalue weighted by atomic mass is 32.2. The topological polar surface area (TPSA) is 67.5 Å². The van der Waals surface area contributed by atoms with Crippen molar-refractivity contribution in [2.75, 3.05) is 12.0 Å². The second-order valence-corrected chi connectivity index (χ2v) is 5.29. The van der Waals surface area contributed by atoms with Gasteiger partial charge in [0.25, 0.3) is 0 Å². The summed E-state index contributed by atoms with van der Waals surface area (Å²) >= 11 is 1.59. The fraction of sp³-hybridized carbons (Fsp3) is 0.429. The van der Waals surface area contributed by atoms with Gasteiger partial charge >= 0.3 is 0 Å². The van der Waals surface area contributed by atoms with Gasteiger partial charge < -0.3 is 11.1 Å². The number of aliphatic imine (C=N–C) groups is 1. The molecule has 0 aliphatic rings. The summed E-state index contributed by atoms with van der Waals surface area (Å²) in [6.45, 7) is 5.47. The summed E-state index contributed by atoms with van der Waals surface area (Å²) in [5.74, 6) is -0.0345. The van der Waals surface area contributed by atoms with Crippen LogP contribution in [0.25, 0.3) is 0 Å². The van der Waals surface area contributed by atoms with E-state index in [0.717, 1.165) is 16.3 Å². The minimum Gasteiger partial charge on any atom is -0.399 e. The van der Waals surface area contributed by atoms with E-state index in [4.69, 9.17) is 5.73 Å². The standard InChI is InChI=1S/C14H21N3OS/c1-9(16-11(3)18)10(2)17-14(19-4)12-5-7-13(15)8-6-12/h5-10H,15H2,1-4H3,(H,16,18). The van der Waals surface area contributed by atoms with Crippen LogP contribution in [0.15, 0.2) is 29.3 Å². The molecule has 1 rings (SSSR count). The van der Waals surface area contributed by atoms with Crippen LogP contribution < -0.4 is 11.1 Å². The third kappa shape index (κ3) is 4.95. The molecule has 0 radical (unpaired) electrons. The predicted molar refractivity (Wildman–Crippen MR) is 83.6 cm³/mol. The Morgan fingerprint density at radius 1 is 1.32 bits per heavy atom. The van der Waals surface area contributed by atoms with Gasteiger partial charge in [-0.2, -0.15) is 0 Å². The van der Waals surface area contributed by atoms with Gasteiger partial charge in [0.15, 0.2) is 0 Å². The van der Waals surface area contributed by atoms with Crippen molar-refractivity contribution in [3.8, 4) is 0 Å². The first-order valence-electron chi connectivity index (χ1n) is 6.19. The number of carbonyl (C=O) groups excluding carboxylic acids is 1. The highest BCUT2D eigenvalue weighted by molar-refractivity contribution is 8.13. The van der Waals surface area contributed by atoms with Crippen LogP contribution in [0.5, 0.6) is 0 Å². The molecule has 0 aliphatic heterocycles. The van der Waals surface area contributed by atoms with Gasteiger partial charge in [0.1, 0.15) is 0 Å². The molecule has 5 heteroatoms. The van der Waals surface area contributed by atoms with Crippen molar-refractivity contribution in [2.24, 2.45) is 4.99 Å². The third-order valence-electron chi connectivity index (χ3n) is 2.83. The first-order valence-corrected chi connectivity index (χ1v) is 7.41. The van der Waals surface area contributed by atoms with Gasteiger partial charge in [-0.05, 0) is 32.2 Å². The molecule has 4 nitrogen and oxygen atoms in total. The maximum absolute atomic E-state index is 11.0. The number of nitrogens with one attached hydrogen (secondary N) is 1. The van der Waals surface area contributed by atoms with Crippen molar-refractivity contribution in [1.82, 2.24) is 5.32 Å². The van der Waals surface area contributed by atoms with Crippen LogP contribution in [0.4, 0.5) is 5.69 Å². The van der Waals surface area contributed by atoms with Gasteiger partial charge in [-0.25, -0.2) is 0 Å². The fourth-order valence-corrected chi connectivity index (χ4v) is 2.25. The van der Waals surface area contributed by atoms with E-state index in [0.29, 0.717) is 0 Å². The third-order valence-corrected chi connectivity index (χ3v) is 3.55. The number of benzene rings is 1. The summed E-state index contributed by atoms with van der Waals surface area (Å²) < 4.78 is 0. The maximum Gasteiger partial charge on any atom is 0.217 e. The summed E-state index contributed by atoms with van der Waals surface area (Å²) in [7, 11) is 0. The Hall–Kier alpha value is -1.49. The van der Waals surface area contributed by atoms with Crippen LogP contribution in [0.2, 0.25) is 0 Å². The van der Waals surface area contributed by atoms with E-state index in [1.807, 2.05) is 44.4 Å². The quantitative estimate of drug-likeness (QED) is 0.505. The number of nitrogen functional groups attached to an aromatic ring is 1. The van der Waals surface area contributed by atoms with Gasteiger partial charge in [-0.1, -0.05) is 12.1 Å². The highest BCUT2D eigenvalue weighted by Gasteiger charge is 2.13. The lowest BCUT2D eigenvalue weighted by atomic mass is 10.1. The monoisotopic (exact) mass is 279 g/mol. The predicted octanol–water partition coefficient (Wildman–Crippen LogP) is 2.29. The highest BCUT2D eigenvalue weighted by Crippen LogP contribution is 2.15. The first-order chi connectivity index (χ1) is 8.93. The molecule has 1 amide bonds. The van der Waals surface area contributed by atoms with E-state index in [1.54, 1.807) is 11.8 Å². The van der Waals surface area contributed by atoms with Crippen LogP contribution in [0.1, 0.15) is 26.3 Å². The number of nitrogens with two attached hydrogens (primary N) is 1. The average Bonchev–Trinajstić information content (AvgIpc) is 2.36. The van der Waals surface area contributed by atoms with E-state index in [1.165, 1.54) is 6.92 Å². The van der Waals surface area contributed by atoms with Crippen LogP contribution in [0.3, 0.4) is 0 Å².